The Morgan fingerprint density at radius 3 is 2.60 bits per heavy atom. The second-order valence-electron chi connectivity index (χ2n) is 6.72. The fourth-order valence-corrected chi connectivity index (χ4v) is 3.11. The van der Waals surface area contributed by atoms with Crippen molar-refractivity contribution in [2.45, 2.75) is 19.8 Å². The number of para-hydroxylation sites is 2. The number of unbranched alkanes of at least 4 members (excludes halogenated alkanes) is 1. The molecule has 0 fully saturated rings. The van der Waals surface area contributed by atoms with Crippen molar-refractivity contribution in [1.82, 2.24) is 0 Å². The van der Waals surface area contributed by atoms with Crippen LogP contribution < -0.4 is 14.8 Å². The predicted molar refractivity (Wildman–Crippen MR) is 120 cm³/mol. The highest BCUT2D eigenvalue weighted by Crippen LogP contribution is 2.31. The lowest BCUT2D eigenvalue weighted by atomic mass is 10.0. The van der Waals surface area contributed by atoms with Crippen molar-refractivity contribution in [2.24, 2.45) is 0 Å². The molecule has 0 bridgehead atoms. The van der Waals surface area contributed by atoms with Gasteiger partial charge >= 0.3 is 0 Å². The van der Waals surface area contributed by atoms with E-state index < -0.39 is 5.91 Å². The highest BCUT2D eigenvalue weighted by Gasteiger charge is 2.15. The fraction of sp³-hybridized carbons (Fsp3) is 0.200. The molecule has 0 radical (unpaired) electrons. The van der Waals surface area contributed by atoms with Gasteiger partial charge in [-0.3, -0.25) is 4.79 Å². The lowest BCUT2D eigenvalue weighted by molar-refractivity contribution is -0.112. The van der Waals surface area contributed by atoms with Crippen molar-refractivity contribution >= 4 is 28.4 Å². The average Bonchev–Trinajstić information content (AvgIpc) is 2.78. The standard InChI is InChI=1S/C25H24N2O3/c1-3-4-15-30-23-14-13-18-9-5-6-10-20(18)21(23)16-19(17-26)25(28)27-22-11-7-8-12-24(22)29-2/h5-14,16H,3-4,15H2,1-2H3,(H,27,28)/b19-16+. The molecule has 152 valence electrons. The van der Waals surface area contributed by atoms with Crippen molar-refractivity contribution in [1.29, 1.82) is 5.26 Å². The maximum atomic E-state index is 12.8. The van der Waals surface area contributed by atoms with E-state index in [2.05, 4.69) is 12.2 Å². The van der Waals surface area contributed by atoms with Crippen LogP contribution in [0.1, 0.15) is 25.3 Å². The smallest absolute Gasteiger partial charge is 0.266 e. The van der Waals surface area contributed by atoms with Gasteiger partial charge in [0.1, 0.15) is 23.1 Å². The number of nitrogens with zero attached hydrogens (tertiary/aromatic N) is 1. The third-order valence-electron chi connectivity index (χ3n) is 4.70. The maximum Gasteiger partial charge on any atom is 0.266 e. The van der Waals surface area contributed by atoms with Crippen LogP contribution in [0.25, 0.3) is 16.8 Å². The Hall–Kier alpha value is -3.78. The van der Waals surface area contributed by atoms with E-state index in [1.165, 1.54) is 7.11 Å². The van der Waals surface area contributed by atoms with Crippen LogP contribution in [0.2, 0.25) is 0 Å². The van der Waals surface area contributed by atoms with E-state index in [4.69, 9.17) is 9.47 Å². The third-order valence-corrected chi connectivity index (χ3v) is 4.70. The van der Waals surface area contributed by atoms with Gasteiger partial charge in [-0.15, -0.1) is 0 Å². The SMILES string of the molecule is CCCCOc1ccc2ccccc2c1/C=C(\C#N)C(=O)Nc1ccccc1OC. The number of fused-ring (bicyclic) bond motifs is 1. The topological polar surface area (TPSA) is 71.3 Å². The number of ether oxygens (including phenoxy) is 2. The number of nitriles is 1. The average molecular weight is 400 g/mol. The number of hydrogen-bond donors (Lipinski definition) is 1. The lowest BCUT2D eigenvalue weighted by Gasteiger charge is -2.13. The van der Waals surface area contributed by atoms with Crippen LogP contribution in [0.3, 0.4) is 0 Å². The van der Waals surface area contributed by atoms with Crippen LogP contribution >= 0.6 is 0 Å². The van der Waals surface area contributed by atoms with E-state index in [0.29, 0.717) is 23.8 Å². The number of rotatable bonds is 8. The molecular formula is C25H24N2O3. The number of amides is 1. The zero-order valence-electron chi connectivity index (χ0n) is 17.1. The molecule has 0 atom stereocenters. The minimum atomic E-state index is -0.505. The summed E-state index contributed by atoms with van der Waals surface area (Å²) < 4.78 is 11.2. The molecular weight excluding hydrogens is 376 g/mol. The molecule has 0 aliphatic carbocycles. The zero-order valence-corrected chi connectivity index (χ0v) is 17.1. The minimum absolute atomic E-state index is 0.0161. The summed E-state index contributed by atoms with van der Waals surface area (Å²) in [4.78, 5) is 12.8. The van der Waals surface area contributed by atoms with Crippen molar-refractivity contribution < 1.29 is 14.3 Å². The van der Waals surface area contributed by atoms with Gasteiger partial charge in [0, 0.05) is 5.56 Å². The van der Waals surface area contributed by atoms with E-state index in [-0.39, 0.29) is 5.57 Å². The van der Waals surface area contributed by atoms with Gasteiger partial charge < -0.3 is 14.8 Å². The molecule has 0 saturated carbocycles. The zero-order chi connectivity index (χ0) is 21.3. The molecule has 0 heterocycles. The quantitative estimate of drug-likeness (QED) is 0.305. The van der Waals surface area contributed by atoms with Crippen LogP contribution in [0.4, 0.5) is 5.69 Å². The Morgan fingerprint density at radius 2 is 1.83 bits per heavy atom. The molecule has 5 nitrogen and oxygen atoms in total. The summed E-state index contributed by atoms with van der Waals surface area (Å²) in [6.45, 7) is 2.67. The van der Waals surface area contributed by atoms with E-state index in [9.17, 15) is 10.1 Å². The molecule has 0 spiro atoms. The van der Waals surface area contributed by atoms with E-state index in [1.807, 2.05) is 48.5 Å². The molecule has 3 rings (SSSR count). The van der Waals surface area contributed by atoms with Crippen LogP contribution in [-0.4, -0.2) is 19.6 Å². The lowest BCUT2D eigenvalue weighted by Crippen LogP contribution is -2.14. The van der Waals surface area contributed by atoms with Gasteiger partial charge in [0.15, 0.2) is 0 Å². The van der Waals surface area contributed by atoms with Crippen molar-refractivity contribution in [3.63, 3.8) is 0 Å². The number of nitrogens with one attached hydrogen (secondary N) is 1. The van der Waals surface area contributed by atoms with Crippen molar-refractivity contribution in [3.8, 4) is 17.6 Å². The van der Waals surface area contributed by atoms with Crippen LogP contribution in [0.15, 0.2) is 66.2 Å². The van der Waals surface area contributed by atoms with Crippen LogP contribution in [-0.2, 0) is 4.79 Å². The van der Waals surface area contributed by atoms with Gasteiger partial charge in [-0.05, 0) is 41.5 Å². The van der Waals surface area contributed by atoms with E-state index >= 15 is 0 Å². The van der Waals surface area contributed by atoms with Gasteiger partial charge in [0.05, 0.1) is 19.4 Å². The molecule has 0 aromatic heterocycles. The summed E-state index contributed by atoms with van der Waals surface area (Å²) in [5.74, 6) is 0.673. The second-order valence-corrected chi connectivity index (χ2v) is 6.72. The Bertz CT molecular complexity index is 1110. The second kappa shape index (κ2) is 10.1. The minimum Gasteiger partial charge on any atom is -0.495 e. The highest BCUT2D eigenvalue weighted by atomic mass is 16.5. The fourth-order valence-electron chi connectivity index (χ4n) is 3.11. The number of methoxy groups -OCH3 is 1. The predicted octanol–water partition coefficient (Wildman–Crippen LogP) is 5.57. The molecule has 0 unspecified atom stereocenters. The molecule has 0 aliphatic heterocycles. The largest absolute Gasteiger partial charge is 0.495 e. The summed E-state index contributed by atoms with van der Waals surface area (Å²) in [6.07, 6.45) is 3.53. The Morgan fingerprint density at radius 1 is 1.07 bits per heavy atom. The third kappa shape index (κ3) is 4.79. The summed E-state index contributed by atoms with van der Waals surface area (Å²) in [5, 5.41) is 14.4. The Kier molecular flexibility index (Phi) is 7.07. The van der Waals surface area contributed by atoms with E-state index in [1.54, 1.807) is 24.3 Å². The molecule has 3 aromatic carbocycles. The normalized spacial score (nSPS) is 11.0. The molecule has 30 heavy (non-hydrogen) atoms. The molecule has 1 N–H and O–H groups in total. The Balaban J connectivity index is 2.00. The van der Waals surface area contributed by atoms with Gasteiger partial charge in [-0.1, -0.05) is 55.8 Å². The van der Waals surface area contributed by atoms with Crippen molar-refractivity contribution in [3.05, 3.63) is 71.8 Å². The number of hydrogen-bond acceptors (Lipinski definition) is 4. The van der Waals surface area contributed by atoms with E-state index in [0.717, 1.165) is 29.2 Å². The van der Waals surface area contributed by atoms with Crippen LogP contribution in [0.5, 0.6) is 11.5 Å². The first kappa shape index (κ1) is 20.9. The number of carbonyl (C=O) groups excluding carboxylic acids is 1. The van der Waals surface area contributed by atoms with Crippen LogP contribution in [0, 0.1) is 11.3 Å². The van der Waals surface area contributed by atoms with Gasteiger partial charge in [0.25, 0.3) is 5.91 Å². The van der Waals surface area contributed by atoms with Gasteiger partial charge in [0.2, 0.25) is 0 Å². The monoisotopic (exact) mass is 400 g/mol. The Labute approximate surface area is 176 Å². The summed E-state index contributed by atoms with van der Waals surface area (Å²) in [6, 6.07) is 20.8. The van der Waals surface area contributed by atoms with Gasteiger partial charge in [-0.25, -0.2) is 0 Å². The van der Waals surface area contributed by atoms with Gasteiger partial charge in [-0.2, -0.15) is 5.26 Å². The molecule has 3 aromatic rings. The first-order chi connectivity index (χ1) is 14.7. The highest BCUT2D eigenvalue weighted by molar-refractivity contribution is 6.11. The first-order valence-corrected chi connectivity index (χ1v) is 9.88. The number of anilines is 1. The molecule has 0 aliphatic rings. The van der Waals surface area contributed by atoms with Crippen molar-refractivity contribution in [2.75, 3.05) is 19.0 Å². The molecule has 0 saturated heterocycles. The summed E-state index contributed by atoms with van der Waals surface area (Å²) in [5.41, 5.74) is 1.21. The maximum absolute atomic E-state index is 12.8. The number of carbonyl (C=O) groups is 1. The number of benzene rings is 3. The first-order valence-electron chi connectivity index (χ1n) is 9.88. The summed E-state index contributed by atoms with van der Waals surface area (Å²) in [7, 11) is 1.53. The molecule has 5 heteroatoms. The summed E-state index contributed by atoms with van der Waals surface area (Å²) >= 11 is 0. The molecule has 1 amide bonds.